The van der Waals surface area contributed by atoms with Gasteiger partial charge in [0.2, 0.25) is 0 Å². The molecule has 0 atom stereocenters. The van der Waals surface area contributed by atoms with Crippen molar-refractivity contribution < 1.29 is 19.1 Å². The Bertz CT molecular complexity index is 1290. The normalized spacial score (nSPS) is 10.4. The molecule has 0 heterocycles. The topological polar surface area (TPSA) is 67.9 Å². The van der Waals surface area contributed by atoms with Crippen molar-refractivity contribution in [2.45, 2.75) is 6.54 Å². The molecule has 36 heavy (non-hydrogen) atoms. The van der Waals surface area contributed by atoms with Gasteiger partial charge in [0, 0.05) is 24.8 Å². The second-order valence-corrected chi connectivity index (χ2v) is 8.19. The summed E-state index contributed by atoms with van der Waals surface area (Å²) in [6.07, 6.45) is 0. The lowest BCUT2D eigenvalue weighted by atomic mass is 10.1. The van der Waals surface area contributed by atoms with Crippen molar-refractivity contribution in [3.05, 3.63) is 126 Å². The first-order valence-electron chi connectivity index (χ1n) is 11.7. The highest BCUT2D eigenvalue weighted by Gasteiger charge is 2.15. The van der Waals surface area contributed by atoms with Gasteiger partial charge in [0.15, 0.2) is 0 Å². The zero-order chi connectivity index (χ0) is 25.2. The summed E-state index contributed by atoms with van der Waals surface area (Å²) in [4.78, 5) is 27.6. The summed E-state index contributed by atoms with van der Waals surface area (Å²) in [6.45, 7) is 1.13. The van der Waals surface area contributed by atoms with Crippen LogP contribution in [0.2, 0.25) is 0 Å². The molecule has 0 aliphatic heterocycles. The number of carbonyl (C=O) groups is 2. The molecule has 0 saturated carbocycles. The Morgan fingerprint density at radius 2 is 1.42 bits per heavy atom. The van der Waals surface area contributed by atoms with E-state index in [-0.39, 0.29) is 18.4 Å². The number of carbonyl (C=O) groups excluding carboxylic acids is 2. The highest BCUT2D eigenvalue weighted by atomic mass is 16.5. The fourth-order valence-corrected chi connectivity index (χ4v) is 3.69. The quantitative estimate of drug-likeness (QED) is 0.297. The molecule has 2 amide bonds. The summed E-state index contributed by atoms with van der Waals surface area (Å²) in [5.41, 5.74) is 2.47. The predicted octanol–water partition coefficient (Wildman–Crippen LogP) is 5.67. The SMILES string of the molecule is CN(Cc1ccccc1)C(=O)c1cccc(NC(=O)c2ccccc2OCCOc2ccccc2)c1. The molecule has 0 aliphatic carbocycles. The predicted molar refractivity (Wildman–Crippen MR) is 141 cm³/mol. The van der Waals surface area contributed by atoms with Crippen LogP contribution >= 0.6 is 0 Å². The molecule has 0 aromatic heterocycles. The Balaban J connectivity index is 1.37. The van der Waals surface area contributed by atoms with Crippen LogP contribution in [-0.2, 0) is 6.54 Å². The van der Waals surface area contributed by atoms with Crippen LogP contribution in [0.3, 0.4) is 0 Å². The van der Waals surface area contributed by atoms with Gasteiger partial charge >= 0.3 is 0 Å². The number of rotatable bonds is 10. The smallest absolute Gasteiger partial charge is 0.259 e. The zero-order valence-electron chi connectivity index (χ0n) is 20.1. The summed E-state index contributed by atoms with van der Waals surface area (Å²) < 4.78 is 11.5. The summed E-state index contributed by atoms with van der Waals surface area (Å²) in [5.74, 6) is 0.770. The second-order valence-electron chi connectivity index (χ2n) is 8.19. The number of benzene rings is 4. The van der Waals surface area contributed by atoms with Gasteiger partial charge in [-0.1, -0.05) is 66.7 Å². The number of nitrogens with zero attached hydrogens (tertiary/aromatic N) is 1. The van der Waals surface area contributed by atoms with Crippen molar-refractivity contribution in [3.63, 3.8) is 0 Å². The number of para-hydroxylation sites is 2. The first-order valence-corrected chi connectivity index (χ1v) is 11.7. The number of amides is 2. The maximum absolute atomic E-state index is 13.0. The van der Waals surface area contributed by atoms with E-state index < -0.39 is 0 Å². The van der Waals surface area contributed by atoms with E-state index in [1.807, 2.05) is 66.7 Å². The minimum Gasteiger partial charge on any atom is -0.490 e. The molecule has 182 valence electrons. The van der Waals surface area contributed by atoms with Crippen molar-refractivity contribution in [1.82, 2.24) is 4.90 Å². The Hall–Kier alpha value is -4.58. The second kappa shape index (κ2) is 12.2. The largest absolute Gasteiger partial charge is 0.490 e. The van der Waals surface area contributed by atoms with Crippen LogP contribution in [0, 0.1) is 0 Å². The molecule has 4 aromatic rings. The van der Waals surface area contributed by atoms with E-state index in [9.17, 15) is 9.59 Å². The van der Waals surface area contributed by atoms with Crippen LogP contribution in [0.1, 0.15) is 26.3 Å². The first-order chi connectivity index (χ1) is 17.6. The van der Waals surface area contributed by atoms with Crippen LogP contribution in [-0.4, -0.2) is 37.0 Å². The van der Waals surface area contributed by atoms with Crippen LogP contribution < -0.4 is 14.8 Å². The fraction of sp³-hybridized carbons (Fsp3) is 0.133. The third kappa shape index (κ3) is 6.73. The molecule has 0 unspecified atom stereocenters. The molecule has 6 heteroatoms. The maximum Gasteiger partial charge on any atom is 0.259 e. The molecular formula is C30H28N2O4. The summed E-state index contributed by atoms with van der Waals surface area (Å²) in [6, 6.07) is 33.2. The Kier molecular flexibility index (Phi) is 8.33. The van der Waals surface area contributed by atoms with E-state index in [0.29, 0.717) is 35.7 Å². The van der Waals surface area contributed by atoms with Gasteiger partial charge in [0.05, 0.1) is 5.56 Å². The molecule has 0 saturated heterocycles. The van der Waals surface area contributed by atoms with Gasteiger partial charge in [-0.3, -0.25) is 9.59 Å². The van der Waals surface area contributed by atoms with Crippen LogP contribution in [0.15, 0.2) is 109 Å². The van der Waals surface area contributed by atoms with E-state index in [1.165, 1.54) is 0 Å². The molecule has 0 bridgehead atoms. The number of anilines is 1. The molecular weight excluding hydrogens is 452 g/mol. The van der Waals surface area contributed by atoms with Crippen molar-refractivity contribution >= 4 is 17.5 Å². The van der Waals surface area contributed by atoms with E-state index in [1.54, 1.807) is 54.4 Å². The minimum atomic E-state index is -0.322. The Labute approximate surface area is 211 Å². The average molecular weight is 481 g/mol. The Morgan fingerprint density at radius 1 is 0.750 bits per heavy atom. The van der Waals surface area contributed by atoms with Gasteiger partial charge in [-0.15, -0.1) is 0 Å². The standard InChI is InChI=1S/C30H28N2O4/c1-32(22-23-11-4-2-5-12-23)30(34)24-13-10-14-25(21-24)31-29(33)27-17-8-9-18-28(27)36-20-19-35-26-15-6-3-7-16-26/h2-18,21H,19-20,22H2,1H3,(H,31,33). The summed E-state index contributed by atoms with van der Waals surface area (Å²) >= 11 is 0. The average Bonchev–Trinajstić information content (AvgIpc) is 2.92. The van der Waals surface area contributed by atoms with Crippen molar-refractivity contribution in [2.24, 2.45) is 0 Å². The monoisotopic (exact) mass is 480 g/mol. The minimum absolute atomic E-state index is 0.128. The van der Waals surface area contributed by atoms with Gasteiger partial charge in [-0.2, -0.15) is 0 Å². The fourth-order valence-electron chi connectivity index (χ4n) is 3.69. The zero-order valence-corrected chi connectivity index (χ0v) is 20.1. The lowest BCUT2D eigenvalue weighted by molar-refractivity contribution is 0.0784. The van der Waals surface area contributed by atoms with Gasteiger partial charge in [-0.25, -0.2) is 0 Å². The molecule has 0 spiro atoms. The molecule has 0 aliphatic rings. The lowest BCUT2D eigenvalue weighted by Crippen LogP contribution is -2.26. The molecule has 0 fully saturated rings. The molecule has 4 aromatic carbocycles. The van der Waals surface area contributed by atoms with E-state index >= 15 is 0 Å². The number of nitrogens with one attached hydrogen (secondary N) is 1. The van der Waals surface area contributed by atoms with E-state index in [4.69, 9.17) is 9.47 Å². The van der Waals surface area contributed by atoms with Gasteiger partial charge < -0.3 is 19.7 Å². The molecule has 1 N–H and O–H groups in total. The van der Waals surface area contributed by atoms with Crippen LogP contribution in [0.4, 0.5) is 5.69 Å². The Morgan fingerprint density at radius 3 is 2.19 bits per heavy atom. The highest BCUT2D eigenvalue weighted by molar-refractivity contribution is 6.06. The lowest BCUT2D eigenvalue weighted by Gasteiger charge is -2.18. The molecule has 6 nitrogen and oxygen atoms in total. The third-order valence-corrected chi connectivity index (χ3v) is 5.46. The first kappa shape index (κ1) is 24.5. The van der Waals surface area contributed by atoms with Crippen LogP contribution in [0.25, 0.3) is 0 Å². The number of hydrogen-bond donors (Lipinski definition) is 1. The highest BCUT2D eigenvalue weighted by Crippen LogP contribution is 2.21. The van der Waals surface area contributed by atoms with Crippen molar-refractivity contribution in [1.29, 1.82) is 0 Å². The van der Waals surface area contributed by atoms with Gasteiger partial charge in [0.25, 0.3) is 11.8 Å². The van der Waals surface area contributed by atoms with Crippen molar-refractivity contribution in [3.8, 4) is 11.5 Å². The van der Waals surface area contributed by atoms with E-state index in [2.05, 4.69) is 5.32 Å². The van der Waals surface area contributed by atoms with E-state index in [0.717, 1.165) is 11.3 Å². The third-order valence-electron chi connectivity index (χ3n) is 5.46. The number of hydrogen-bond acceptors (Lipinski definition) is 4. The molecule has 4 rings (SSSR count). The summed E-state index contributed by atoms with van der Waals surface area (Å²) in [5, 5.41) is 2.88. The van der Waals surface area contributed by atoms with Crippen molar-refractivity contribution in [2.75, 3.05) is 25.6 Å². The van der Waals surface area contributed by atoms with Gasteiger partial charge in [-0.05, 0) is 48.0 Å². The van der Waals surface area contributed by atoms with Gasteiger partial charge in [0.1, 0.15) is 24.7 Å². The maximum atomic E-state index is 13.0. The molecule has 0 radical (unpaired) electrons. The van der Waals surface area contributed by atoms with Crippen LogP contribution in [0.5, 0.6) is 11.5 Å². The number of ether oxygens (including phenoxy) is 2. The summed E-state index contributed by atoms with van der Waals surface area (Å²) in [7, 11) is 1.76.